The first-order valence-corrected chi connectivity index (χ1v) is 30.4. The van der Waals surface area contributed by atoms with Crippen molar-refractivity contribution in [2.75, 3.05) is 53.5 Å². The van der Waals surface area contributed by atoms with E-state index in [4.69, 9.17) is 10.5 Å². The van der Waals surface area contributed by atoms with E-state index in [9.17, 15) is 129 Å². The second-order valence-electron chi connectivity index (χ2n) is 23.2. The number of carbonyl (C=O) groups excluding carboxylic acids is 4. The normalized spacial score (nSPS) is 12.3. The van der Waals surface area contributed by atoms with Gasteiger partial charge in [-0.15, -0.1) is 0 Å². The van der Waals surface area contributed by atoms with Crippen molar-refractivity contribution in [1.82, 2.24) is 0 Å². The average Bonchev–Trinajstić information content (AvgIpc) is 0.727. The first-order chi connectivity index (χ1) is 49.6. The SMILES string of the molecule is CNc1cc(C(c2ccc(O)c(N)c2)(C(F)(F)F)C(F)(F)F)ccc1O.CNc1cc(C(c2ccc(O)c(NC(=O)c3ccc(Oc4ccc(C(C)=O)cc4)cc3)c2)(C(F)(F)F)C(F)(F)F)ccc1O.CNc1cc(C(c2ccc(O)c(NC(=O)c3cccc(C(C)=O)c3)c2)(C(F)(F)F)C(F)(F)F)ccc1O. The van der Waals surface area contributed by atoms with Crippen molar-refractivity contribution in [3.05, 3.63) is 238 Å². The van der Waals surface area contributed by atoms with Crippen molar-refractivity contribution < 1.29 is 134 Å². The second kappa shape index (κ2) is 30.9. The highest BCUT2D eigenvalue weighted by atomic mass is 19.4. The van der Waals surface area contributed by atoms with Crippen LogP contribution in [0.3, 0.4) is 0 Å². The zero-order chi connectivity index (χ0) is 80.1. The molecule has 0 aromatic heterocycles. The number of hydrogen-bond donors (Lipinski definition) is 12. The Morgan fingerprint density at radius 1 is 0.308 bits per heavy atom. The Bertz CT molecular complexity index is 4730. The quantitative estimate of drug-likeness (QED) is 0.0175. The van der Waals surface area contributed by atoms with Crippen LogP contribution in [0.5, 0.6) is 46.0 Å². The summed E-state index contributed by atoms with van der Waals surface area (Å²) in [4.78, 5) is 48.6. The molecular weight excluding hydrogens is 1470 g/mol. The molecule has 0 unspecified atom stereocenters. The molecule has 0 atom stereocenters. The smallest absolute Gasteiger partial charge is 0.411 e. The predicted octanol–water partition coefficient (Wildman–Crippen LogP) is 17.9. The van der Waals surface area contributed by atoms with Gasteiger partial charge < -0.3 is 67.7 Å². The summed E-state index contributed by atoms with van der Waals surface area (Å²) in [6, 6.07) is 26.7. The number of anilines is 6. The van der Waals surface area contributed by atoms with E-state index in [1.807, 2.05) is 0 Å². The predicted molar refractivity (Wildman–Crippen MR) is 356 cm³/mol. The van der Waals surface area contributed by atoms with E-state index in [0.29, 0.717) is 114 Å². The first kappa shape index (κ1) is 82.1. The number of ether oxygens (including phenoxy) is 1. The number of alkyl halides is 18. The second-order valence-corrected chi connectivity index (χ2v) is 23.2. The molecule has 9 aromatic carbocycles. The highest BCUT2D eigenvalue weighted by Gasteiger charge is 2.75. The third-order valence-corrected chi connectivity index (χ3v) is 16.6. The number of halogens is 18. The molecule has 17 nitrogen and oxygen atoms in total. The summed E-state index contributed by atoms with van der Waals surface area (Å²) in [6.45, 7) is 2.65. The molecule has 0 saturated heterocycles. The molecule has 0 saturated carbocycles. The maximum Gasteiger partial charge on any atom is 0.411 e. The number of Topliss-reactive ketones (excluding diaryl/α,β-unsaturated/α-hetero) is 2. The van der Waals surface area contributed by atoms with Crippen molar-refractivity contribution in [3.63, 3.8) is 0 Å². The van der Waals surface area contributed by atoms with Crippen molar-refractivity contribution >= 4 is 57.5 Å². The lowest BCUT2D eigenvalue weighted by molar-refractivity contribution is -0.290. The number of ketones is 2. The lowest BCUT2D eigenvalue weighted by Crippen LogP contribution is -2.54. The lowest BCUT2D eigenvalue weighted by Gasteiger charge is -2.38. The number of phenolic OH excluding ortho intramolecular Hbond substituents is 6. The Balaban J connectivity index is 0.000000231. The molecule has 0 heterocycles. The third kappa shape index (κ3) is 16.4. The minimum atomic E-state index is -5.95. The minimum absolute atomic E-state index is 0.0517. The molecule has 0 bridgehead atoms. The number of amides is 2. The molecule has 0 radical (unpaired) electrons. The van der Waals surface area contributed by atoms with E-state index in [2.05, 4.69) is 26.6 Å². The highest BCUT2D eigenvalue weighted by Crippen LogP contribution is 2.61. The number of carbonyl (C=O) groups is 4. The van der Waals surface area contributed by atoms with E-state index in [1.165, 1.54) is 83.5 Å². The van der Waals surface area contributed by atoms with Gasteiger partial charge >= 0.3 is 37.1 Å². The Morgan fingerprint density at radius 2 is 0.561 bits per heavy atom. The van der Waals surface area contributed by atoms with Crippen molar-refractivity contribution in [2.24, 2.45) is 0 Å². The average molecular weight is 1530 g/mol. The zero-order valence-corrected chi connectivity index (χ0v) is 55.4. The number of nitrogens with two attached hydrogens (primary N) is 1. The van der Waals surface area contributed by atoms with E-state index in [1.54, 1.807) is 24.3 Å². The summed E-state index contributed by atoms with van der Waals surface area (Å²) in [7, 11) is 3.65. The molecule has 0 spiro atoms. The number of nitrogen functional groups attached to an aromatic ring is 1. The number of aromatic hydroxyl groups is 6. The zero-order valence-electron chi connectivity index (χ0n) is 55.4. The standard InChI is InChI=1S/C31H24F6N2O5.C25H20F6N2O4.C16H14F6N2O2/c1-17(40)18-3-9-22(10-4-18)44-23-11-5-19(6-12-23)28(43)39-25-16-21(8-14-27(25)42)29(30(32,33)34,31(35,36)37)20-7-13-26(41)24(15-20)38-2;1-13(34)14-4-3-5-15(10-14)22(37)33-19-12-17(7-9-21(19)36)23(24(26,27)28,25(29,30)31)16-6-8-20(35)18(11-16)32-2;1-24-11-7-9(3-5-13(11)26)14(15(17,18)19,16(20,21)22)8-2-4-12(25)10(23)6-8/h3-16,38,41-42H,1-2H3,(H,39,43);3-12,32,35-36H,1-2H3,(H,33,37);2-7,24-26H,23H2,1H3. The molecule has 0 aliphatic heterocycles. The third-order valence-electron chi connectivity index (χ3n) is 16.6. The molecular formula is C72H58F18N6O11. The summed E-state index contributed by atoms with van der Waals surface area (Å²) in [5, 5.41) is 70.3. The largest absolute Gasteiger partial charge is 0.506 e. The van der Waals surface area contributed by atoms with Gasteiger partial charge in [-0.2, -0.15) is 79.0 Å². The van der Waals surface area contributed by atoms with Crippen LogP contribution in [0.25, 0.3) is 0 Å². The van der Waals surface area contributed by atoms with E-state index in [0.717, 1.165) is 6.07 Å². The van der Waals surface area contributed by atoms with Gasteiger partial charge in [0.1, 0.15) is 46.0 Å². The van der Waals surface area contributed by atoms with Crippen molar-refractivity contribution in [1.29, 1.82) is 0 Å². The van der Waals surface area contributed by atoms with Crippen molar-refractivity contribution in [2.45, 2.75) is 67.2 Å². The van der Waals surface area contributed by atoms with Crippen LogP contribution in [-0.2, 0) is 16.2 Å². The van der Waals surface area contributed by atoms with Gasteiger partial charge in [0.15, 0.2) is 11.6 Å². The Hall–Kier alpha value is -12.2. The minimum Gasteiger partial charge on any atom is -0.506 e. The summed E-state index contributed by atoms with van der Waals surface area (Å²) >= 11 is 0. The first-order valence-electron chi connectivity index (χ1n) is 30.4. The van der Waals surface area contributed by atoms with Gasteiger partial charge in [0, 0.05) is 43.4 Å². The van der Waals surface area contributed by atoms with E-state index >= 15 is 0 Å². The van der Waals surface area contributed by atoms with Crippen LogP contribution in [0.2, 0.25) is 0 Å². The molecule has 35 heteroatoms. The summed E-state index contributed by atoms with van der Waals surface area (Å²) in [5.41, 5.74) is -18.5. The highest BCUT2D eigenvalue weighted by molar-refractivity contribution is 6.07. The summed E-state index contributed by atoms with van der Waals surface area (Å²) in [5.74, 6) is -5.64. The molecule has 2 amide bonds. The van der Waals surface area contributed by atoms with Gasteiger partial charge in [-0.05, 0) is 181 Å². The van der Waals surface area contributed by atoms with Crippen molar-refractivity contribution in [3.8, 4) is 46.0 Å². The molecule has 107 heavy (non-hydrogen) atoms. The molecule has 0 aliphatic carbocycles. The number of benzene rings is 9. The fraction of sp³-hybridized carbons (Fsp3) is 0.194. The molecule has 9 rings (SSSR count). The van der Waals surface area contributed by atoms with Crippen LogP contribution in [0, 0.1) is 0 Å². The molecule has 0 aliphatic rings. The van der Waals surface area contributed by atoms with Gasteiger partial charge in [-0.1, -0.05) is 48.5 Å². The molecule has 0 fully saturated rings. The summed E-state index contributed by atoms with van der Waals surface area (Å²) < 4.78 is 264. The van der Waals surface area contributed by atoms with E-state index < -0.39 is 150 Å². The van der Waals surface area contributed by atoms with E-state index in [-0.39, 0.29) is 51.1 Å². The van der Waals surface area contributed by atoms with Gasteiger partial charge in [-0.25, -0.2) is 0 Å². The maximum atomic E-state index is 14.6. The van der Waals surface area contributed by atoms with Crippen LogP contribution in [-0.4, -0.2) is 112 Å². The van der Waals surface area contributed by atoms with Gasteiger partial charge in [-0.3, -0.25) is 19.2 Å². The van der Waals surface area contributed by atoms with Crippen LogP contribution >= 0.6 is 0 Å². The number of hydrogen-bond acceptors (Lipinski definition) is 15. The van der Waals surface area contributed by atoms with Crippen LogP contribution < -0.4 is 37.1 Å². The lowest BCUT2D eigenvalue weighted by atomic mass is 9.72. The fourth-order valence-electron chi connectivity index (χ4n) is 11.2. The number of nitrogens with one attached hydrogen (secondary N) is 5. The Kier molecular flexibility index (Phi) is 23.7. The Morgan fingerprint density at radius 3 is 0.841 bits per heavy atom. The molecule has 568 valence electrons. The monoisotopic (exact) mass is 1520 g/mol. The topological polar surface area (TPSA) is 285 Å². The molecule has 13 N–H and O–H groups in total. The van der Waals surface area contributed by atoms with Gasteiger partial charge in [0.25, 0.3) is 11.8 Å². The molecule has 9 aromatic rings. The fourth-order valence-corrected chi connectivity index (χ4v) is 11.2. The summed E-state index contributed by atoms with van der Waals surface area (Å²) in [6.07, 6.45) is -35.4. The van der Waals surface area contributed by atoms with Crippen LogP contribution in [0.1, 0.15) is 88.7 Å². The van der Waals surface area contributed by atoms with Crippen LogP contribution in [0.4, 0.5) is 113 Å². The number of phenols is 6. The maximum absolute atomic E-state index is 14.6. The number of rotatable bonds is 17. The Labute approximate surface area is 593 Å². The van der Waals surface area contributed by atoms with Gasteiger partial charge in [0.2, 0.25) is 16.2 Å². The van der Waals surface area contributed by atoms with Crippen LogP contribution in [0.15, 0.2) is 182 Å². The van der Waals surface area contributed by atoms with Gasteiger partial charge in [0.05, 0.1) is 34.1 Å².